The zero-order valence-electron chi connectivity index (χ0n) is 30.3. The number of allylic oxidation sites excluding steroid dienone is 2. The minimum Gasteiger partial charge on any atom is -0.507 e. The average molecular weight is 748 g/mol. The summed E-state index contributed by atoms with van der Waals surface area (Å²) in [5, 5.41) is 14.6. The second-order valence-electron chi connectivity index (χ2n) is 15.1. The number of fused-ring (bicyclic) bond motifs is 4. The summed E-state index contributed by atoms with van der Waals surface area (Å²) >= 11 is 6.44. The van der Waals surface area contributed by atoms with Gasteiger partial charge in [0, 0.05) is 22.3 Å². The van der Waals surface area contributed by atoms with Crippen LogP contribution in [0.5, 0.6) is 5.75 Å². The lowest BCUT2D eigenvalue weighted by Gasteiger charge is -2.51. The molecule has 0 spiro atoms. The van der Waals surface area contributed by atoms with E-state index >= 15 is 9.59 Å². The van der Waals surface area contributed by atoms with Crippen molar-refractivity contribution >= 4 is 58.0 Å². The van der Waals surface area contributed by atoms with Crippen LogP contribution in [0.3, 0.4) is 0 Å². The molecule has 8 nitrogen and oxygen atoms in total. The second kappa shape index (κ2) is 13.1. The first-order chi connectivity index (χ1) is 26.6. The van der Waals surface area contributed by atoms with Gasteiger partial charge in [0.25, 0.3) is 0 Å². The number of carbonyl (C=O) groups is 4. The predicted octanol–water partition coefficient (Wildman–Crippen LogP) is 8.77. The maximum atomic E-state index is 15.5. The predicted molar refractivity (Wildman–Crippen MR) is 212 cm³/mol. The molecule has 2 N–H and O–H groups in total. The molecule has 5 aromatic carbocycles. The van der Waals surface area contributed by atoms with Crippen molar-refractivity contribution in [3.05, 3.63) is 160 Å². The summed E-state index contributed by atoms with van der Waals surface area (Å²) in [6.45, 7) is 3.64. The molecular weight excluding hydrogens is 710 g/mol. The molecule has 3 fully saturated rings. The number of amides is 4. The van der Waals surface area contributed by atoms with Crippen molar-refractivity contribution in [1.29, 1.82) is 0 Å². The van der Waals surface area contributed by atoms with Crippen molar-refractivity contribution in [2.75, 3.05) is 15.1 Å². The van der Waals surface area contributed by atoms with Crippen LogP contribution >= 0.6 is 11.6 Å². The van der Waals surface area contributed by atoms with E-state index in [0.717, 1.165) is 22.5 Å². The van der Waals surface area contributed by atoms with Crippen LogP contribution in [0.15, 0.2) is 133 Å². The normalized spacial score (nSPS) is 25.7. The molecular formula is C46H38ClN3O5. The van der Waals surface area contributed by atoms with Gasteiger partial charge in [-0.15, -0.1) is 0 Å². The molecule has 5 aromatic rings. The zero-order chi connectivity index (χ0) is 38.2. The second-order valence-corrected chi connectivity index (χ2v) is 15.6. The molecule has 4 aliphatic rings. The van der Waals surface area contributed by atoms with Gasteiger partial charge in [0.2, 0.25) is 23.6 Å². The van der Waals surface area contributed by atoms with Gasteiger partial charge in [-0.1, -0.05) is 90.0 Å². The fourth-order valence-corrected chi connectivity index (χ4v) is 10.1. The first-order valence-corrected chi connectivity index (χ1v) is 19.0. The van der Waals surface area contributed by atoms with E-state index in [2.05, 4.69) is 11.4 Å². The summed E-state index contributed by atoms with van der Waals surface area (Å²) in [6, 6.07) is 37.0. The Morgan fingerprint density at radius 3 is 2.02 bits per heavy atom. The number of rotatable bonds is 6. The molecule has 0 radical (unpaired) electrons. The van der Waals surface area contributed by atoms with E-state index < -0.39 is 35.0 Å². The first kappa shape index (κ1) is 34.8. The SMILES string of the molecule is Cc1cc(C2C3=CCC4C(=O)N(c5ccc(Nc6ccccc6)cc5)C(=O)C4C3CC3C(=O)N(c4cccc(Cl)c4)C(=O)C32c2ccccc2)cc(C)c1O. The highest BCUT2D eigenvalue weighted by Gasteiger charge is 2.70. The van der Waals surface area contributed by atoms with Gasteiger partial charge in [-0.3, -0.25) is 24.1 Å². The Kier molecular flexibility index (Phi) is 8.28. The lowest BCUT2D eigenvalue weighted by atomic mass is 9.49. The first-order valence-electron chi connectivity index (χ1n) is 18.6. The quantitative estimate of drug-likeness (QED) is 0.133. The molecule has 55 heavy (non-hydrogen) atoms. The number of nitrogens with one attached hydrogen (secondary N) is 1. The molecule has 6 unspecified atom stereocenters. The molecule has 2 saturated heterocycles. The number of carbonyl (C=O) groups excluding carboxylic acids is 4. The smallest absolute Gasteiger partial charge is 0.246 e. The van der Waals surface area contributed by atoms with E-state index in [1.807, 2.05) is 98.8 Å². The topological polar surface area (TPSA) is 107 Å². The molecule has 2 heterocycles. The van der Waals surface area contributed by atoms with Gasteiger partial charge < -0.3 is 10.4 Å². The van der Waals surface area contributed by atoms with Crippen LogP contribution in [0.1, 0.15) is 41.0 Å². The summed E-state index contributed by atoms with van der Waals surface area (Å²) in [7, 11) is 0. The number of phenolic OH excluding ortho intramolecular Hbond substituents is 1. The van der Waals surface area contributed by atoms with Gasteiger partial charge in [0.15, 0.2) is 0 Å². The highest BCUT2D eigenvalue weighted by atomic mass is 35.5. The van der Waals surface area contributed by atoms with E-state index in [9.17, 15) is 14.7 Å². The summed E-state index contributed by atoms with van der Waals surface area (Å²) in [5.74, 6) is -4.56. The Hall–Kier alpha value is -5.99. The summed E-state index contributed by atoms with van der Waals surface area (Å²) in [4.78, 5) is 62.0. The summed E-state index contributed by atoms with van der Waals surface area (Å²) in [5.41, 5.74) is 4.80. The van der Waals surface area contributed by atoms with Crippen LogP contribution < -0.4 is 15.1 Å². The molecule has 1 saturated carbocycles. The van der Waals surface area contributed by atoms with Crippen molar-refractivity contribution < 1.29 is 24.3 Å². The fraction of sp³-hybridized carbons (Fsp3) is 0.217. The van der Waals surface area contributed by atoms with Crippen LogP contribution in [0.25, 0.3) is 0 Å². The van der Waals surface area contributed by atoms with Crippen molar-refractivity contribution in [2.24, 2.45) is 23.7 Å². The fourth-order valence-electron chi connectivity index (χ4n) is 9.91. The molecule has 9 heteroatoms. The third-order valence-electron chi connectivity index (χ3n) is 12.2. The number of para-hydroxylation sites is 1. The summed E-state index contributed by atoms with van der Waals surface area (Å²) < 4.78 is 0. The molecule has 4 amide bonds. The number of anilines is 4. The van der Waals surface area contributed by atoms with Crippen molar-refractivity contribution in [3.63, 3.8) is 0 Å². The largest absolute Gasteiger partial charge is 0.507 e. The highest BCUT2D eigenvalue weighted by molar-refractivity contribution is 6.32. The van der Waals surface area contributed by atoms with Crippen LogP contribution in [-0.2, 0) is 24.6 Å². The maximum Gasteiger partial charge on any atom is 0.246 e. The Morgan fingerprint density at radius 2 is 1.35 bits per heavy atom. The lowest BCUT2D eigenvalue weighted by molar-refractivity contribution is -0.127. The van der Waals surface area contributed by atoms with Gasteiger partial charge in [-0.05, 0) is 109 Å². The van der Waals surface area contributed by atoms with Gasteiger partial charge in [-0.2, -0.15) is 0 Å². The number of benzene rings is 5. The van der Waals surface area contributed by atoms with E-state index in [1.165, 1.54) is 9.80 Å². The number of imide groups is 2. The van der Waals surface area contributed by atoms with Gasteiger partial charge in [0.05, 0.1) is 34.5 Å². The Balaban J connectivity index is 1.18. The number of aromatic hydroxyl groups is 1. The monoisotopic (exact) mass is 747 g/mol. The third-order valence-corrected chi connectivity index (χ3v) is 12.4. The van der Waals surface area contributed by atoms with Gasteiger partial charge >= 0.3 is 0 Å². The Bertz CT molecular complexity index is 2410. The minimum atomic E-state index is -1.39. The lowest BCUT2D eigenvalue weighted by Crippen LogP contribution is -2.53. The number of aryl methyl sites for hydroxylation is 2. The molecule has 0 bridgehead atoms. The summed E-state index contributed by atoms with van der Waals surface area (Å²) in [6.07, 6.45) is 2.56. The van der Waals surface area contributed by atoms with E-state index in [0.29, 0.717) is 39.5 Å². The van der Waals surface area contributed by atoms with E-state index in [-0.39, 0.29) is 35.8 Å². The van der Waals surface area contributed by atoms with Crippen LogP contribution in [0.2, 0.25) is 5.02 Å². The number of nitrogens with zero attached hydrogens (tertiary/aromatic N) is 2. The molecule has 2 aliphatic carbocycles. The van der Waals surface area contributed by atoms with Crippen molar-refractivity contribution in [1.82, 2.24) is 0 Å². The van der Waals surface area contributed by atoms with Crippen LogP contribution in [0, 0.1) is 37.5 Å². The van der Waals surface area contributed by atoms with Gasteiger partial charge in [0.1, 0.15) is 5.75 Å². The van der Waals surface area contributed by atoms with E-state index in [1.54, 1.807) is 36.4 Å². The third kappa shape index (κ3) is 5.26. The number of phenols is 1. The Morgan fingerprint density at radius 1 is 0.691 bits per heavy atom. The van der Waals surface area contributed by atoms with E-state index in [4.69, 9.17) is 11.6 Å². The number of hydrogen-bond acceptors (Lipinski definition) is 6. The number of hydrogen-bond donors (Lipinski definition) is 2. The van der Waals surface area contributed by atoms with Gasteiger partial charge in [-0.25, -0.2) is 4.90 Å². The zero-order valence-corrected chi connectivity index (χ0v) is 31.0. The molecule has 6 atom stereocenters. The van der Waals surface area contributed by atoms with Crippen LogP contribution in [-0.4, -0.2) is 28.7 Å². The standard InChI is InChI=1S/C46H38ClN3O5/c1-26-22-28(23-27(2)41(26)51)40-35-20-21-36-39(44(54)49(42(36)52)33-18-16-32(17-19-33)48-31-13-7-4-8-14-31)37(35)25-38-43(53)50(34-15-9-12-30(47)24-34)45(55)46(38,40)29-10-5-3-6-11-29/h3-20,22-24,36-40,48,51H,21,25H2,1-2H3. The maximum absolute atomic E-state index is 15.5. The number of halogens is 1. The van der Waals surface area contributed by atoms with Crippen molar-refractivity contribution in [3.8, 4) is 5.75 Å². The van der Waals surface area contributed by atoms with Crippen molar-refractivity contribution in [2.45, 2.75) is 38.0 Å². The molecule has 274 valence electrons. The molecule has 9 rings (SSSR count). The molecule has 2 aliphatic heterocycles. The molecule has 0 aromatic heterocycles. The van der Waals surface area contributed by atoms with Crippen LogP contribution in [0.4, 0.5) is 22.7 Å². The minimum absolute atomic E-state index is 0.158. The Labute approximate surface area is 324 Å². The average Bonchev–Trinajstić information content (AvgIpc) is 3.58. The highest BCUT2D eigenvalue weighted by Crippen LogP contribution is 2.64.